The standard InChI is InChI=1S/C21H26FN3O2/c1-14-12-23-18(15(2)20(14)26)13-24-21(27)19(25-10-4-3-5-11-25)16-6-8-17(22)9-7-16/h6-9,12,19H,3-5,10-11,13H2,1-2H3,(H,23,26)(H,24,27). The number of rotatable bonds is 5. The highest BCUT2D eigenvalue weighted by Crippen LogP contribution is 2.25. The molecule has 0 aliphatic carbocycles. The zero-order valence-corrected chi connectivity index (χ0v) is 15.8. The summed E-state index contributed by atoms with van der Waals surface area (Å²) in [5.74, 6) is -0.450. The monoisotopic (exact) mass is 371 g/mol. The topological polar surface area (TPSA) is 65.2 Å². The molecule has 1 aliphatic heterocycles. The van der Waals surface area contributed by atoms with Crippen molar-refractivity contribution in [3.8, 4) is 0 Å². The molecule has 1 aromatic carbocycles. The first-order chi connectivity index (χ1) is 13.0. The molecule has 3 rings (SSSR count). The summed E-state index contributed by atoms with van der Waals surface area (Å²) in [4.78, 5) is 30.4. The van der Waals surface area contributed by atoms with Crippen molar-refractivity contribution in [2.24, 2.45) is 0 Å². The van der Waals surface area contributed by atoms with Crippen LogP contribution in [-0.2, 0) is 11.3 Å². The number of aryl methyl sites for hydroxylation is 1. The minimum Gasteiger partial charge on any atom is -0.363 e. The van der Waals surface area contributed by atoms with E-state index in [0.717, 1.165) is 37.9 Å². The number of aromatic amines is 1. The number of nitrogens with zero attached hydrogens (tertiary/aromatic N) is 1. The molecule has 5 nitrogen and oxygen atoms in total. The lowest BCUT2D eigenvalue weighted by atomic mass is 10.0. The molecule has 1 fully saturated rings. The first kappa shape index (κ1) is 19.3. The molecule has 2 heterocycles. The van der Waals surface area contributed by atoms with Crippen molar-refractivity contribution in [1.82, 2.24) is 15.2 Å². The van der Waals surface area contributed by atoms with Crippen molar-refractivity contribution in [3.05, 3.63) is 68.9 Å². The summed E-state index contributed by atoms with van der Waals surface area (Å²) in [5, 5.41) is 2.95. The van der Waals surface area contributed by atoms with Crippen LogP contribution in [-0.4, -0.2) is 28.9 Å². The molecule has 0 spiro atoms. The summed E-state index contributed by atoms with van der Waals surface area (Å²) >= 11 is 0. The molecular weight excluding hydrogens is 345 g/mol. The van der Waals surface area contributed by atoms with Gasteiger partial charge >= 0.3 is 0 Å². The lowest BCUT2D eigenvalue weighted by Gasteiger charge is -2.34. The zero-order chi connectivity index (χ0) is 19.4. The second-order valence-electron chi connectivity index (χ2n) is 7.17. The third-order valence-electron chi connectivity index (χ3n) is 5.24. The van der Waals surface area contributed by atoms with Crippen molar-refractivity contribution in [2.45, 2.75) is 45.7 Å². The van der Waals surface area contributed by atoms with E-state index in [1.165, 1.54) is 12.1 Å². The summed E-state index contributed by atoms with van der Waals surface area (Å²) in [6.07, 6.45) is 4.93. The van der Waals surface area contributed by atoms with Gasteiger partial charge in [0.1, 0.15) is 11.9 Å². The fourth-order valence-corrected chi connectivity index (χ4v) is 3.61. The number of H-pyrrole nitrogens is 1. The molecule has 0 saturated carbocycles. The van der Waals surface area contributed by atoms with Crippen LogP contribution in [0.15, 0.2) is 35.3 Å². The number of benzene rings is 1. The van der Waals surface area contributed by atoms with Crippen LogP contribution in [0.25, 0.3) is 0 Å². The Bertz CT molecular complexity index is 855. The average molecular weight is 371 g/mol. The lowest BCUT2D eigenvalue weighted by Crippen LogP contribution is -2.43. The number of pyridine rings is 1. The number of likely N-dealkylation sites (tertiary alicyclic amines) is 1. The Kier molecular flexibility index (Phi) is 6.06. The van der Waals surface area contributed by atoms with Crippen molar-refractivity contribution in [1.29, 1.82) is 0 Å². The highest BCUT2D eigenvalue weighted by Gasteiger charge is 2.28. The Balaban J connectivity index is 1.79. The number of halogens is 1. The summed E-state index contributed by atoms with van der Waals surface area (Å²) in [7, 11) is 0. The van der Waals surface area contributed by atoms with E-state index < -0.39 is 6.04 Å². The van der Waals surface area contributed by atoms with Crippen LogP contribution in [0.1, 0.15) is 47.7 Å². The van der Waals surface area contributed by atoms with E-state index >= 15 is 0 Å². The van der Waals surface area contributed by atoms with Gasteiger partial charge in [-0.15, -0.1) is 0 Å². The lowest BCUT2D eigenvalue weighted by molar-refractivity contribution is -0.127. The van der Waals surface area contributed by atoms with Gasteiger partial charge in [-0.2, -0.15) is 0 Å². The van der Waals surface area contributed by atoms with Crippen molar-refractivity contribution < 1.29 is 9.18 Å². The predicted octanol–water partition coefficient (Wildman–Crippen LogP) is 2.97. The van der Waals surface area contributed by atoms with E-state index in [-0.39, 0.29) is 23.7 Å². The molecule has 1 aromatic heterocycles. The van der Waals surface area contributed by atoms with Crippen LogP contribution < -0.4 is 10.7 Å². The van der Waals surface area contributed by atoms with E-state index in [2.05, 4.69) is 15.2 Å². The smallest absolute Gasteiger partial charge is 0.242 e. The van der Waals surface area contributed by atoms with Gasteiger partial charge < -0.3 is 10.3 Å². The van der Waals surface area contributed by atoms with Gasteiger partial charge in [-0.05, 0) is 57.5 Å². The summed E-state index contributed by atoms with van der Waals surface area (Å²) in [5.41, 5.74) is 2.75. The Morgan fingerprint density at radius 1 is 1.19 bits per heavy atom. The fourth-order valence-electron chi connectivity index (χ4n) is 3.61. The molecule has 2 aromatic rings. The van der Waals surface area contributed by atoms with E-state index in [9.17, 15) is 14.0 Å². The number of amides is 1. The van der Waals surface area contributed by atoms with Gasteiger partial charge in [-0.1, -0.05) is 18.6 Å². The van der Waals surface area contributed by atoms with Gasteiger partial charge in [-0.25, -0.2) is 4.39 Å². The maximum atomic E-state index is 13.3. The van der Waals surface area contributed by atoms with E-state index in [1.54, 1.807) is 32.2 Å². The van der Waals surface area contributed by atoms with Crippen LogP contribution in [0, 0.1) is 19.7 Å². The van der Waals surface area contributed by atoms with Crippen molar-refractivity contribution >= 4 is 5.91 Å². The number of hydrogen-bond donors (Lipinski definition) is 2. The number of carbonyl (C=O) groups is 1. The number of piperidine rings is 1. The normalized spacial score (nSPS) is 16.1. The highest BCUT2D eigenvalue weighted by atomic mass is 19.1. The second kappa shape index (κ2) is 8.48. The van der Waals surface area contributed by atoms with Crippen LogP contribution in [0.3, 0.4) is 0 Å². The Morgan fingerprint density at radius 2 is 1.85 bits per heavy atom. The Morgan fingerprint density at radius 3 is 2.52 bits per heavy atom. The maximum absolute atomic E-state index is 13.3. The second-order valence-corrected chi connectivity index (χ2v) is 7.17. The minimum absolute atomic E-state index is 0.0101. The van der Waals surface area contributed by atoms with Gasteiger partial charge in [0.15, 0.2) is 5.43 Å². The van der Waals surface area contributed by atoms with E-state index in [0.29, 0.717) is 16.8 Å². The predicted molar refractivity (Wildman–Crippen MR) is 103 cm³/mol. The van der Waals surface area contributed by atoms with Crippen molar-refractivity contribution in [2.75, 3.05) is 13.1 Å². The molecule has 27 heavy (non-hydrogen) atoms. The summed E-state index contributed by atoms with van der Waals surface area (Å²) in [6.45, 7) is 5.46. The molecular formula is C21H26FN3O2. The van der Waals surface area contributed by atoms with Gasteiger partial charge in [-0.3, -0.25) is 14.5 Å². The third-order valence-corrected chi connectivity index (χ3v) is 5.24. The molecule has 1 amide bonds. The molecule has 144 valence electrons. The van der Waals surface area contributed by atoms with Crippen LogP contribution >= 0.6 is 0 Å². The Hall–Kier alpha value is -2.47. The molecule has 1 unspecified atom stereocenters. The number of nitrogens with one attached hydrogen (secondary N) is 2. The van der Waals surface area contributed by atoms with Gasteiger partial charge in [0.05, 0.1) is 6.54 Å². The molecule has 1 saturated heterocycles. The number of carbonyl (C=O) groups excluding carboxylic acids is 1. The molecule has 0 radical (unpaired) electrons. The third kappa shape index (κ3) is 4.45. The van der Waals surface area contributed by atoms with Gasteiger partial charge in [0.2, 0.25) is 5.91 Å². The fraction of sp³-hybridized carbons (Fsp3) is 0.429. The van der Waals surface area contributed by atoms with E-state index in [4.69, 9.17) is 0 Å². The molecule has 1 atom stereocenters. The van der Waals surface area contributed by atoms with Gasteiger partial charge in [0.25, 0.3) is 0 Å². The Labute approximate surface area is 158 Å². The molecule has 6 heteroatoms. The number of hydrogen-bond acceptors (Lipinski definition) is 3. The summed E-state index contributed by atoms with van der Waals surface area (Å²) < 4.78 is 13.3. The minimum atomic E-state index is -0.455. The highest BCUT2D eigenvalue weighted by molar-refractivity contribution is 5.83. The molecule has 0 bridgehead atoms. The maximum Gasteiger partial charge on any atom is 0.242 e. The van der Waals surface area contributed by atoms with Gasteiger partial charge in [0, 0.05) is 23.0 Å². The first-order valence-electron chi connectivity index (χ1n) is 9.42. The summed E-state index contributed by atoms with van der Waals surface area (Å²) in [6, 6.07) is 5.67. The van der Waals surface area contributed by atoms with Crippen molar-refractivity contribution in [3.63, 3.8) is 0 Å². The van der Waals surface area contributed by atoms with E-state index in [1.807, 2.05) is 0 Å². The number of aromatic nitrogens is 1. The molecule has 2 N–H and O–H groups in total. The molecule has 1 aliphatic rings. The van der Waals surface area contributed by atoms with Crippen LogP contribution in [0.4, 0.5) is 4.39 Å². The SMILES string of the molecule is Cc1c[nH]c(CNC(=O)C(c2ccc(F)cc2)N2CCCCC2)c(C)c1=O. The average Bonchev–Trinajstić information content (AvgIpc) is 2.68. The quantitative estimate of drug-likeness (QED) is 0.849. The zero-order valence-electron chi connectivity index (χ0n) is 15.8. The largest absolute Gasteiger partial charge is 0.363 e. The van der Waals surface area contributed by atoms with Crippen LogP contribution in [0.2, 0.25) is 0 Å². The van der Waals surface area contributed by atoms with Crippen LogP contribution in [0.5, 0.6) is 0 Å². The first-order valence-corrected chi connectivity index (χ1v) is 9.42.